The van der Waals surface area contributed by atoms with E-state index in [9.17, 15) is 4.79 Å². The highest BCUT2D eigenvalue weighted by Gasteiger charge is 2.29. The number of hydrogen-bond donors (Lipinski definition) is 1. The van der Waals surface area contributed by atoms with Crippen LogP contribution in [0.25, 0.3) is 10.2 Å². The molecule has 1 atom stereocenters. The molecule has 29 heavy (non-hydrogen) atoms. The minimum Gasteiger partial charge on any atom is -0.319 e. The van der Waals surface area contributed by atoms with Crippen LogP contribution in [0.4, 0.5) is 10.5 Å². The normalized spacial score (nSPS) is 16.1. The van der Waals surface area contributed by atoms with Gasteiger partial charge in [0.1, 0.15) is 0 Å². The number of anilines is 1. The van der Waals surface area contributed by atoms with Crippen molar-refractivity contribution in [2.75, 3.05) is 11.9 Å². The molecule has 0 aliphatic carbocycles. The second-order valence-corrected chi connectivity index (χ2v) is 8.66. The Morgan fingerprint density at radius 1 is 1.24 bits per heavy atom. The number of benzene rings is 2. The number of hydrogen-bond acceptors (Lipinski definition) is 4. The molecule has 5 rings (SSSR count). The summed E-state index contributed by atoms with van der Waals surface area (Å²) in [7, 11) is 1.92. The van der Waals surface area contributed by atoms with Gasteiger partial charge in [-0.15, -0.1) is 11.3 Å². The highest BCUT2D eigenvalue weighted by atomic mass is 32.1. The largest absolute Gasteiger partial charge is 0.322 e. The van der Waals surface area contributed by atoms with Gasteiger partial charge in [0.2, 0.25) is 0 Å². The Labute approximate surface area is 172 Å². The number of aryl methyl sites for hydroxylation is 2. The van der Waals surface area contributed by atoms with Crippen LogP contribution in [-0.4, -0.2) is 32.2 Å². The van der Waals surface area contributed by atoms with Crippen molar-refractivity contribution in [2.45, 2.75) is 19.4 Å². The summed E-state index contributed by atoms with van der Waals surface area (Å²) in [6, 6.07) is 14.1. The van der Waals surface area contributed by atoms with E-state index in [-0.39, 0.29) is 11.9 Å². The van der Waals surface area contributed by atoms with Gasteiger partial charge in [0.15, 0.2) is 0 Å². The molecule has 0 saturated heterocycles. The Kier molecular flexibility index (Phi) is 4.32. The van der Waals surface area contributed by atoms with Crippen molar-refractivity contribution < 1.29 is 4.79 Å². The maximum Gasteiger partial charge on any atom is 0.322 e. The van der Waals surface area contributed by atoms with Gasteiger partial charge in [0, 0.05) is 37.9 Å². The van der Waals surface area contributed by atoms with Gasteiger partial charge >= 0.3 is 6.03 Å². The van der Waals surface area contributed by atoms with E-state index in [1.54, 1.807) is 11.3 Å². The third-order valence-corrected chi connectivity index (χ3v) is 6.31. The lowest BCUT2D eigenvalue weighted by Crippen LogP contribution is -2.41. The van der Waals surface area contributed by atoms with Gasteiger partial charge in [-0.25, -0.2) is 9.78 Å². The van der Waals surface area contributed by atoms with E-state index in [1.165, 1.54) is 11.1 Å². The summed E-state index contributed by atoms with van der Waals surface area (Å²) in [5.74, 6) is 0.114. The van der Waals surface area contributed by atoms with Crippen molar-refractivity contribution >= 4 is 33.3 Å². The molecule has 1 N–H and O–H groups in total. The molecular weight excluding hydrogens is 382 g/mol. The summed E-state index contributed by atoms with van der Waals surface area (Å²) in [6.45, 7) is 3.20. The molecule has 6 nitrogen and oxygen atoms in total. The van der Waals surface area contributed by atoms with Crippen LogP contribution in [0, 0.1) is 6.92 Å². The van der Waals surface area contributed by atoms with Gasteiger partial charge in [-0.3, -0.25) is 4.68 Å². The maximum atomic E-state index is 13.1. The third-order valence-electron chi connectivity index (χ3n) is 5.35. The van der Waals surface area contributed by atoms with Gasteiger partial charge in [-0.1, -0.05) is 24.3 Å². The smallest absolute Gasteiger partial charge is 0.319 e. The van der Waals surface area contributed by atoms with Crippen molar-refractivity contribution in [3.8, 4) is 0 Å². The standard InChI is InChI=1S/C22H21N5OS/c1-14-24-20-9-17(7-8-21(20)29-14)25-22(28)27-12-15-5-3-4-6-18(15)19(13-27)16-10-23-26(2)11-16/h3-11,19H,12-13H2,1-2H3,(H,25,28). The zero-order chi connectivity index (χ0) is 20.0. The Balaban J connectivity index is 1.42. The van der Waals surface area contributed by atoms with Crippen LogP contribution < -0.4 is 5.32 Å². The highest BCUT2D eigenvalue weighted by Crippen LogP contribution is 2.33. The predicted octanol–water partition coefficient (Wildman–Crippen LogP) is 4.52. The van der Waals surface area contributed by atoms with Crippen LogP contribution in [0.15, 0.2) is 54.9 Å². The highest BCUT2D eigenvalue weighted by molar-refractivity contribution is 7.18. The molecule has 0 saturated carbocycles. The van der Waals surface area contributed by atoms with E-state index in [0.717, 1.165) is 26.5 Å². The Hall–Kier alpha value is -3.19. The first kappa shape index (κ1) is 17.9. The second-order valence-electron chi connectivity index (χ2n) is 7.42. The fourth-order valence-electron chi connectivity index (χ4n) is 3.99. The van der Waals surface area contributed by atoms with E-state index in [0.29, 0.717) is 13.1 Å². The lowest BCUT2D eigenvalue weighted by molar-refractivity contribution is 0.203. The predicted molar refractivity (Wildman–Crippen MR) is 115 cm³/mol. The molecule has 0 spiro atoms. The number of carbonyl (C=O) groups excluding carboxylic acids is 1. The Bertz CT molecular complexity index is 1210. The molecule has 1 aliphatic rings. The van der Waals surface area contributed by atoms with Gasteiger partial charge in [-0.2, -0.15) is 5.10 Å². The van der Waals surface area contributed by atoms with E-state index in [4.69, 9.17) is 0 Å². The third kappa shape index (κ3) is 3.38. The van der Waals surface area contributed by atoms with Gasteiger partial charge in [0.05, 0.1) is 21.4 Å². The zero-order valence-corrected chi connectivity index (χ0v) is 17.1. The molecule has 146 valence electrons. The maximum absolute atomic E-state index is 13.1. The summed E-state index contributed by atoms with van der Waals surface area (Å²) in [6.07, 6.45) is 3.92. The van der Waals surface area contributed by atoms with E-state index in [2.05, 4.69) is 33.6 Å². The molecule has 3 heterocycles. The van der Waals surface area contributed by atoms with Gasteiger partial charge in [-0.05, 0) is 41.8 Å². The number of rotatable bonds is 2. The average Bonchev–Trinajstić information content (AvgIpc) is 3.31. The monoisotopic (exact) mass is 403 g/mol. The van der Waals surface area contributed by atoms with Crippen LogP contribution in [-0.2, 0) is 13.6 Å². The van der Waals surface area contributed by atoms with Crippen molar-refractivity contribution in [2.24, 2.45) is 7.05 Å². The number of urea groups is 1. The minimum atomic E-state index is -0.0975. The summed E-state index contributed by atoms with van der Waals surface area (Å²) in [5, 5.41) is 8.40. The van der Waals surface area contributed by atoms with Crippen molar-refractivity contribution in [1.29, 1.82) is 0 Å². The first-order valence-corrected chi connectivity index (χ1v) is 10.4. The van der Waals surface area contributed by atoms with Crippen LogP contribution in [0.2, 0.25) is 0 Å². The molecule has 1 unspecified atom stereocenters. The summed E-state index contributed by atoms with van der Waals surface area (Å²) in [4.78, 5) is 19.5. The molecule has 1 aliphatic heterocycles. The summed E-state index contributed by atoms with van der Waals surface area (Å²) < 4.78 is 2.94. The van der Waals surface area contributed by atoms with Crippen molar-refractivity contribution in [3.05, 3.63) is 76.6 Å². The number of carbonyl (C=O) groups is 1. The van der Waals surface area contributed by atoms with E-state index < -0.39 is 0 Å². The molecule has 2 aromatic heterocycles. The number of aromatic nitrogens is 3. The van der Waals surface area contributed by atoms with Crippen LogP contribution in [0.1, 0.15) is 27.6 Å². The average molecular weight is 404 g/mol. The molecule has 0 bridgehead atoms. The number of fused-ring (bicyclic) bond motifs is 2. The van der Waals surface area contributed by atoms with Crippen molar-refractivity contribution in [3.63, 3.8) is 0 Å². The number of amides is 2. The molecule has 2 amide bonds. The van der Waals surface area contributed by atoms with Crippen LogP contribution >= 0.6 is 11.3 Å². The summed E-state index contributed by atoms with van der Waals surface area (Å²) >= 11 is 1.66. The zero-order valence-electron chi connectivity index (χ0n) is 16.3. The molecular formula is C22H21N5OS. The van der Waals surface area contributed by atoms with E-state index >= 15 is 0 Å². The summed E-state index contributed by atoms with van der Waals surface area (Å²) in [5.41, 5.74) is 5.25. The van der Waals surface area contributed by atoms with Crippen LogP contribution in [0.3, 0.4) is 0 Å². The van der Waals surface area contributed by atoms with E-state index in [1.807, 2.05) is 60.2 Å². The lowest BCUT2D eigenvalue weighted by Gasteiger charge is -2.34. The van der Waals surface area contributed by atoms with Gasteiger partial charge < -0.3 is 10.2 Å². The topological polar surface area (TPSA) is 63.1 Å². The minimum absolute atomic E-state index is 0.0975. The first-order valence-electron chi connectivity index (χ1n) is 9.56. The first-order chi connectivity index (χ1) is 14.1. The fourth-order valence-corrected chi connectivity index (χ4v) is 4.80. The number of thiazole rings is 1. The lowest BCUT2D eigenvalue weighted by atomic mass is 9.86. The molecule has 0 radical (unpaired) electrons. The molecule has 0 fully saturated rings. The second kappa shape index (κ2) is 7.00. The quantitative estimate of drug-likeness (QED) is 0.535. The van der Waals surface area contributed by atoms with Crippen LogP contribution in [0.5, 0.6) is 0 Å². The molecule has 7 heteroatoms. The number of nitrogens with one attached hydrogen (secondary N) is 1. The SMILES string of the molecule is Cc1nc2cc(NC(=O)N3Cc4ccccc4C(c4cnn(C)c4)C3)ccc2s1. The Morgan fingerprint density at radius 2 is 2.10 bits per heavy atom. The fraction of sp³-hybridized carbons (Fsp3) is 0.227. The Morgan fingerprint density at radius 3 is 2.93 bits per heavy atom. The van der Waals surface area contributed by atoms with Crippen molar-refractivity contribution in [1.82, 2.24) is 19.7 Å². The molecule has 4 aromatic rings. The molecule has 2 aromatic carbocycles. The van der Waals surface area contributed by atoms with Gasteiger partial charge in [0.25, 0.3) is 0 Å². The number of nitrogens with zero attached hydrogens (tertiary/aromatic N) is 4.